The Morgan fingerprint density at radius 1 is 0.714 bits per heavy atom. The average molecular weight is 612 g/mol. The lowest BCUT2D eigenvalue weighted by Gasteiger charge is -2.46. The Hall–Kier alpha value is -0.680. The topological polar surface area (TPSA) is 307 Å². The van der Waals surface area contributed by atoms with Gasteiger partial charge in [0, 0.05) is 31.1 Å². The molecule has 3 aliphatic heterocycles. The van der Waals surface area contributed by atoms with Gasteiger partial charge in [-0.25, -0.2) is 0 Å². The van der Waals surface area contributed by atoms with E-state index < -0.39 is 117 Å². The van der Waals surface area contributed by atoms with Crippen molar-refractivity contribution in [3.8, 4) is 0 Å². The highest BCUT2D eigenvalue weighted by molar-refractivity contribution is 5.01. The van der Waals surface area contributed by atoms with Crippen molar-refractivity contribution < 1.29 is 59.1 Å². The molecule has 3 saturated heterocycles. The van der Waals surface area contributed by atoms with E-state index in [1.807, 2.05) is 0 Å². The van der Waals surface area contributed by atoms with Gasteiger partial charge in [0.2, 0.25) is 0 Å². The van der Waals surface area contributed by atoms with E-state index in [1.165, 1.54) is 0 Å². The van der Waals surface area contributed by atoms with Gasteiger partial charge in [0.1, 0.15) is 42.7 Å². The molecule has 246 valence electrons. The molecule has 17 heteroatoms. The van der Waals surface area contributed by atoms with Crippen LogP contribution in [0.15, 0.2) is 0 Å². The molecule has 0 aromatic rings. The second kappa shape index (κ2) is 14.6. The average Bonchev–Trinajstić information content (AvgIpc) is 3.27. The van der Waals surface area contributed by atoms with E-state index in [4.69, 9.17) is 57.1 Å². The predicted octanol–water partition coefficient (Wildman–Crippen LogP) is -6.17. The molecule has 18 atom stereocenters. The van der Waals surface area contributed by atoms with Gasteiger partial charge in [-0.3, -0.25) is 0 Å². The molecule has 0 bridgehead atoms. The highest BCUT2D eigenvalue weighted by Crippen LogP contribution is 2.35. The highest BCUT2D eigenvalue weighted by Gasteiger charge is 2.53. The molecule has 42 heavy (non-hydrogen) atoms. The Morgan fingerprint density at radius 3 is 2.00 bits per heavy atom. The summed E-state index contributed by atoms with van der Waals surface area (Å²) >= 11 is 0. The van der Waals surface area contributed by atoms with E-state index in [1.54, 1.807) is 6.92 Å². The fourth-order valence-corrected chi connectivity index (χ4v) is 6.02. The fourth-order valence-electron chi connectivity index (χ4n) is 6.02. The molecule has 0 spiro atoms. The van der Waals surface area contributed by atoms with E-state index in [-0.39, 0.29) is 19.5 Å². The lowest BCUT2D eigenvalue weighted by atomic mass is 9.84. The number of aliphatic hydroxyl groups is 6. The largest absolute Gasteiger partial charge is 0.394 e. The third-order valence-corrected chi connectivity index (χ3v) is 8.76. The Kier molecular flexibility index (Phi) is 11.9. The Bertz CT molecular complexity index is 852. The second-order valence-electron chi connectivity index (χ2n) is 11.8. The van der Waals surface area contributed by atoms with Gasteiger partial charge >= 0.3 is 0 Å². The normalized spacial score (nSPS) is 51.0. The maximum atomic E-state index is 11.2. The van der Waals surface area contributed by atoms with Crippen LogP contribution in [0.4, 0.5) is 0 Å². The van der Waals surface area contributed by atoms with Gasteiger partial charge in [0.25, 0.3) is 0 Å². The third kappa shape index (κ3) is 7.08. The summed E-state index contributed by atoms with van der Waals surface area (Å²) in [5.74, 6) is -0.718. The standard InChI is InChI=1S/C25H49N5O12/c1-8-16(33)18(35)14(6-27)38-23(8)41-21-15(7-31)39-25(19(21)36)42-22-17(34)10(29)4-11(30)20(22)40-24-9(28)2-3-13(37-24)12(32)5-26/h8-25,31-36H,2-7,26-30H2,1H3. The van der Waals surface area contributed by atoms with Crippen LogP contribution in [0.2, 0.25) is 0 Å². The number of hydrogen-bond donors (Lipinski definition) is 11. The van der Waals surface area contributed by atoms with Crippen LogP contribution in [0, 0.1) is 5.92 Å². The minimum Gasteiger partial charge on any atom is -0.394 e. The summed E-state index contributed by atoms with van der Waals surface area (Å²) in [7, 11) is 0. The minimum atomic E-state index is -1.50. The third-order valence-electron chi connectivity index (χ3n) is 8.76. The number of aliphatic hydroxyl groups excluding tert-OH is 6. The van der Waals surface area contributed by atoms with Crippen molar-refractivity contribution >= 4 is 0 Å². The molecular formula is C25H49N5O12. The molecule has 16 N–H and O–H groups in total. The first-order valence-corrected chi connectivity index (χ1v) is 14.5. The summed E-state index contributed by atoms with van der Waals surface area (Å²) in [5, 5.41) is 63.0. The Balaban J connectivity index is 1.48. The van der Waals surface area contributed by atoms with Gasteiger partial charge in [-0.2, -0.15) is 0 Å². The number of hydrogen-bond acceptors (Lipinski definition) is 17. The smallest absolute Gasteiger partial charge is 0.187 e. The first kappa shape index (κ1) is 34.2. The summed E-state index contributed by atoms with van der Waals surface area (Å²) in [5.41, 5.74) is 30.0. The maximum absolute atomic E-state index is 11.2. The fraction of sp³-hybridized carbons (Fsp3) is 1.00. The van der Waals surface area contributed by atoms with Gasteiger partial charge in [0.15, 0.2) is 18.9 Å². The molecule has 0 amide bonds. The van der Waals surface area contributed by atoms with Gasteiger partial charge in [-0.05, 0) is 19.3 Å². The molecule has 1 aliphatic carbocycles. The van der Waals surface area contributed by atoms with Gasteiger partial charge in [-0.1, -0.05) is 6.92 Å². The lowest BCUT2D eigenvalue weighted by Crippen LogP contribution is -2.65. The zero-order valence-corrected chi connectivity index (χ0v) is 23.7. The van der Waals surface area contributed by atoms with Crippen molar-refractivity contribution in [1.82, 2.24) is 0 Å². The molecule has 0 aromatic carbocycles. The summed E-state index contributed by atoms with van der Waals surface area (Å²) in [6.07, 6.45) is -14.6. The zero-order valence-electron chi connectivity index (χ0n) is 23.7. The van der Waals surface area contributed by atoms with Crippen molar-refractivity contribution in [3.05, 3.63) is 0 Å². The van der Waals surface area contributed by atoms with Gasteiger partial charge in [0.05, 0.1) is 37.1 Å². The highest BCUT2D eigenvalue weighted by atomic mass is 16.8. The van der Waals surface area contributed by atoms with Crippen LogP contribution in [0.3, 0.4) is 0 Å². The second-order valence-corrected chi connectivity index (χ2v) is 11.8. The van der Waals surface area contributed by atoms with Crippen LogP contribution in [0.1, 0.15) is 26.2 Å². The molecule has 18 unspecified atom stereocenters. The molecule has 17 nitrogen and oxygen atoms in total. The molecule has 3 heterocycles. The Labute approximate surface area is 244 Å². The quantitative estimate of drug-likeness (QED) is 0.109. The van der Waals surface area contributed by atoms with Crippen molar-refractivity contribution in [3.63, 3.8) is 0 Å². The van der Waals surface area contributed by atoms with Crippen LogP contribution in [-0.4, -0.2) is 154 Å². The van der Waals surface area contributed by atoms with Crippen LogP contribution in [-0.2, 0) is 28.4 Å². The minimum absolute atomic E-state index is 0.0157. The molecule has 4 fully saturated rings. The monoisotopic (exact) mass is 611 g/mol. The zero-order chi connectivity index (χ0) is 30.9. The lowest BCUT2D eigenvalue weighted by molar-refractivity contribution is -0.298. The van der Waals surface area contributed by atoms with Gasteiger partial charge in [-0.15, -0.1) is 0 Å². The van der Waals surface area contributed by atoms with E-state index in [0.717, 1.165) is 0 Å². The Morgan fingerprint density at radius 2 is 1.36 bits per heavy atom. The van der Waals surface area contributed by atoms with Crippen LogP contribution >= 0.6 is 0 Å². The molecular weight excluding hydrogens is 562 g/mol. The van der Waals surface area contributed by atoms with E-state index in [0.29, 0.717) is 12.8 Å². The van der Waals surface area contributed by atoms with Crippen LogP contribution in [0.25, 0.3) is 0 Å². The van der Waals surface area contributed by atoms with Crippen LogP contribution < -0.4 is 28.7 Å². The van der Waals surface area contributed by atoms with Crippen molar-refractivity contribution in [2.24, 2.45) is 34.6 Å². The molecule has 4 aliphatic rings. The molecule has 4 rings (SSSR count). The molecule has 1 saturated carbocycles. The summed E-state index contributed by atoms with van der Waals surface area (Å²) in [6.45, 7) is 0.910. The number of nitrogens with two attached hydrogens (primary N) is 5. The summed E-state index contributed by atoms with van der Waals surface area (Å²) in [4.78, 5) is 0. The van der Waals surface area contributed by atoms with E-state index >= 15 is 0 Å². The number of ether oxygens (including phenoxy) is 6. The molecule has 0 aromatic heterocycles. The van der Waals surface area contributed by atoms with Crippen molar-refractivity contribution in [1.29, 1.82) is 0 Å². The summed E-state index contributed by atoms with van der Waals surface area (Å²) < 4.78 is 35.5. The van der Waals surface area contributed by atoms with E-state index in [9.17, 15) is 30.6 Å². The van der Waals surface area contributed by atoms with E-state index in [2.05, 4.69) is 0 Å². The van der Waals surface area contributed by atoms with Crippen molar-refractivity contribution in [2.45, 2.75) is 130 Å². The van der Waals surface area contributed by atoms with Crippen molar-refractivity contribution in [2.75, 3.05) is 19.7 Å². The maximum Gasteiger partial charge on any atom is 0.187 e. The predicted molar refractivity (Wildman–Crippen MR) is 143 cm³/mol. The van der Waals surface area contributed by atoms with Gasteiger partial charge < -0.3 is 87.7 Å². The van der Waals surface area contributed by atoms with Crippen LogP contribution in [0.5, 0.6) is 0 Å². The first-order chi connectivity index (χ1) is 19.9. The first-order valence-electron chi connectivity index (χ1n) is 14.5. The number of rotatable bonds is 10. The molecule has 0 radical (unpaired) electrons. The SMILES string of the molecule is CC1C(OC2C(CO)OC(OC3C(O)C(N)CC(N)C3OC3OC(C(O)CN)CCC3N)C2O)OC(CN)C(O)C1O. The summed E-state index contributed by atoms with van der Waals surface area (Å²) in [6, 6.07) is -2.10.